The van der Waals surface area contributed by atoms with Crippen LogP contribution in [0.15, 0.2) is 29.2 Å². The van der Waals surface area contributed by atoms with Crippen molar-refractivity contribution in [3.8, 4) is 5.75 Å². The van der Waals surface area contributed by atoms with E-state index in [0.717, 1.165) is 0 Å². The number of hydrogen-bond donors (Lipinski definition) is 3. The molecule has 0 bridgehead atoms. The molecule has 0 aliphatic rings. The third-order valence-corrected chi connectivity index (χ3v) is 3.61. The van der Waals surface area contributed by atoms with Crippen molar-refractivity contribution in [2.75, 3.05) is 12.4 Å². The van der Waals surface area contributed by atoms with Crippen LogP contribution in [-0.4, -0.2) is 33.2 Å². The fourth-order valence-electron chi connectivity index (χ4n) is 2.25. The number of carbonyl (C=O) groups excluding carboxylic acids is 1. The maximum absolute atomic E-state index is 12.5. The third-order valence-electron chi connectivity index (χ3n) is 3.61. The van der Waals surface area contributed by atoms with E-state index in [1.165, 1.54) is 6.20 Å². The summed E-state index contributed by atoms with van der Waals surface area (Å²) in [6.07, 6.45) is 1.37. The molecular weight excluding hydrogens is 310 g/mol. The summed E-state index contributed by atoms with van der Waals surface area (Å²) >= 11 is 0. The van der Waals surface area contributed by atoms with E-state index in [9.17, 15) is 9.59 Å². The maximum atomic E-state index is 12.5. The van der Waals surface area contributed by atoms with Crippen molar-refractivity contribution < 1.29 is 9.53 Å². The van der Waals surface area contributed by atoms with Gasteiger partial charge in [0, 0.05) is 23.6 Å². The first-order chi connectivity index (χ1) is 11.5. The largest absolute Gasteiger partial charge is 0.497 e. The number of aromatic nitrogens is 4. The minimum Gasteiger partial charge on any atom is -0.497 e. The van der Waals surface area contributed by atoms with E-state index in [-0.39, 0.29) is 22.9 Å². The molecule has 0 radical (unpaired) electrons. The lowest BCUT2D eigenvalue weighted by molar-refractivity contribution is 0.102. The Kier molecular flexibility index (Phi) is 4.03. The number of amides is 1. The average Bonchev–Trinajstić information content (AvgIpc) is 3.03. The molecule has 124 valence electrons. The van der Waals surface area contributed by atoms with Crippen LogP contribution in [0.5, 0.6) is 5.75 Å². The fraction of sp³-hybridized carbons (Fsp3) is 0.250. The predicted octanol–water partition coefficient (Wildman–Crippen LogP) is 2.03. The Morgan fingerprint density at radius 1 is 1.33 bits per heavy atom. The quantitative estimate of drug-likeness (QED) is 0.678. The molecule has 3 N–H and O–H groups in total. The molecule has 8 nitrogen and oxygen atoms in total. The van der Waals surface area contributed by atoms with Gasteiger partial charge in [0.1, 0.15) is 17.1 Å². The molecule has 8 heteroatoms. The third kappa shape index (κ3) is 2.85. The number of nitrogens with one attached hydrogen (secondary N) is 3. The van der Waals surface area contributed by atoms with E-state index in [1.54, 1.807) is 25.3 Å². The summed E-state index contributed by atoms with van der Waals surface area (Å²) in [5.74, 6) is 1.01. The van der Waals surface area contributed by atoms with Crippen LogP contribution in [-0.2, 0) is 0 Å². The van der Waals surface area contributed by atoms with Gasteiger partial charge >= 0.3 is 0 Å². The Hall–Kier alpha value is -3.16. The first kappa shape index (κ1) is 15.7. The highest BCUT2D eigenvalue weighted by atomic mass is 16.5. The summed E-state index contributed by atoms with van der Waals surface area (Å²) in [4.78, 5) is 31.9. The molecule has 2 heterocycles. The zero-order chi connectivity index (χ0) is 17.3. The molecule has 0 atom stereocenters. The minimum absolute atomic E-state index is 0.0106. The predicted molar refractivity (Wildman–Crippen MR) is 89.5 cm³/mol. The molecular formula is C16H17N5O3. The van der Waals surface area contributed by atoms with E-state index >= 15 is 0 Å². The number of anilines is 1. The van der Waals surface area contributed by atoms with E-state index in [0.29, 0.717) is 22.5 Å². The van der Waals surface area contributed by atoms with Crippen molar-refractivity contribution >= 4 is 22.8 Å². The number of carbonyl (C=O) groups is 1. The molecule has 0 spiro atoms. The van der Waals surface area contributed by atoms with Gasteiger partial charge in [0.15, 0.2) is 0 Å². The van der Waals surface area contributed by atoms with Gasteiger partial charge in [-0.3, -0.25) is 20.0 Å². The van der Waals surface area contributed by atoms with Crippen LogP contribution in [0.4, 0.5) is 5.95 Å². The Balaban J connectivity index is 1.92. The van der Waals surface area contributed by atoms with Crippen molar-refractivity contribution in [1.82, 2.24) is 20.2 Å². The highest BCUT2D eigenvalue weighted by molar-refractivity contribution is 6.04. The van der Waals surface area contributed by atoms with Gasteiger partial charge in [0.2, 0.25) is 11.4 Å². The van der Waals surface area contributed by atoms with Gasteiger partial charge < -0.3 is 9.72 Å². The number of hydrogen-bond acceptors (Lipinski definition) is 5. The number of aromatic amines is 2. The maximum Gasteiger partial charge on any atom is 0.263 e. The van der Waals surface area contributed by atoms with Crippen molar-refractivity contribution in [2.24, 2.45) is 0 Å². The number of ether oxygens (including phenoxy) is 1. The summed E-state index contributed by atoms with van der Waals surface area (Å²) in [6, 6.07) is 4.99. The number of methoxy groups -OCH3 is 1. The molecule has 0 saturated heterocycles. The first-order valence-electron chi connectivity index (χ1n) is 7.42. The number of H-pyrrole nitrogens is 2. The summed E-state index contributed by atoms with van der Waals surface area (Å²) in [7, 11) is 1.55. The normalized spacial score (nSPS) is 11.0. The van der Waals surface area contributed by atoms with Gasteiger partial charge in [-0.1, -0.05) is 13.8 Å². The second-order valence-corrected chi connectivity index (χ2v) is 5.60. The average molecular weight is 327 g/mol. The Morgan fingerprint density at radius 2 is 2.12 bits per heavy atom. The van der Waals surface area contributed by atoms with E-state index in [2.05, 4.69) is 25.5 Å². The standard InChI is InChI=1S/C16H17N5O3/c1-8(2)14-18-16(21-20-14)19-15(23)11-7-17-12-6-9(24-3)4-5-10(12)13(11)22/h4-8H,1-3H3,(H,17,22)(H2,18,19,20,21,23). The first-order valence-corrected chi connectivity index (χ1v) is 7.42. The van der Waals surface area contributed by atoms with Gasteiger partial charge in [-0.05, 0) is 12.1 Å². The molecule has 0 aliphatic heterocycles. The fourth-order valence-corrected chi connectivity index (χ4v) is 2.25. The number of nitrogens with zero attached hydrogens (tertiary/aromatic N) is 2. The number of pyridine rings is 1. The van der Waals surface area contributed by atoms with Gasteiger partial charge in [-0.15, -0.1) is 5.10 Å². The molecule has 1 aromatic carbocycles. The summed E-state index contributed by atoms with van der Waals surface area (Å²) in [6.45, 7) is 3.91. The molecule has 24 heavy (non-hydrogen) atoms. The minimum atomic E-state index is -0.566. The van der Waals surface area contributed by atoms with Gasteiger partial charge in [0.25, 0.3) is 5.91 Å². The highest BCUT2D eigenvalue weighted by Crippen LogP contribution is 2.17. The van der Waals surface area contributed by atoms with Crippen LogP contribution >= 0.6 is 0 Å². The Bertz CT molecular complexity index is 958. The Labute approximate surface area is 137 Å². The second kappa shape index (κ2) is 6.15. The summed E-state index contributed by atoms with van der Waals surface area (Å²) in [5, 5.41) is 9.59. The molecule has 3 rings (SSSR count). The van der Waals surface area contributed by atoms with Crippen molar-refractivity contribution in [1.29, 1.82) is 0 Å². The molecule has 3 aromatic rings. The van der Waals surface area contributed by atoms with E-state index < -0.39 is 5.91 Å². The smallest absolute Gasteiger partial charge is 0.263 e. The van der Waals surface area contributed by atoms with E-state index in [1.807, 2.05) is 13.8 Å². The summed E-state index contributed by atoms with van der Waals surface area (Å²) in [5.41, 5.74) is 0.211. The summed E-state index contributed by atoms with van der Waals surface area (Å²) < 4.78 is 5.12. The molecule has 2 aromatic heterocycles. The van der Waals surface area contributed by atoms with Gasteiger partial charge in [-0.25, -0.2) is 0 Å². The Morgan fingerprint density at radius 3 is 2.79 bits per heavy atom. The monoisotopic (exact) mass is 327 g/mol. The van der Waals surface area contributed by atoms with Crippen LogP contribution in [0.3, 0.4) is 0 Å². The number of fused-ring (bicyclic) bond motifs is 1. The van der Waals surface area contributed by atoms with E-state index in [4.69, 9.17) is 4.74 Å². The molecule has 0 unspecified atom stereocenters. The zero-order valence-corrected chi connectivity index (χ0v) is 13.5. The zero-order valence-electron chi connectivity index (χ0n) is 13.5. The number of rotatable bonds is 4. The van der Waals surface area contributed by atoms with Crippen LogP contribution in [0, 0.1) is 0 Å². The second-order valence-electron chi connectivity index (χ2n) is 5.60. The molecule has 0 saturated carbocycles. The SMILES string of the molecule is COc1ccc2c(=O)c(C(=O)Nc3n[nH]c(C(C)C)n3)c[nH]c2c1. The van der Waals surface area contributed by atoms with Crippen molar-refractivity contribution in [2.45, 2.75) is 19.8 Å². The van der Waals surface area contributed by atoms with Crippen molar-refractivity contribution in [3.05, 3.63) is 46.0 Å². The molecule has 0 fully saturated rings. The van der Waals surface area contributed by atoms with Gasteiger partial charge in [0.05, 0.1) is 12.6 Å². The molecule has 1 amide bonds. The lowest BCUT2D eigenvalue weighted by atomic mass is 10.1. The molecule has 0 aliphatic carbocycles. The lowest BCUT2D eigenvalue weighted by Gasteiger charge is -2.05. The lowest BCUT2D eigenvalue weighted by Crippen LogP contribution is -2.22. The van der Waals surface area contributed by atoms with Crippen LogP contribution in [0.1, 0.15) is 35.9 Å². The highest BCUT2D eigenvalue weighted by Gasteiger charge is 2.16. The number of benzene rings is 1. The van der Waals surface area contributed by atoms with Crippen LogP contribution in [0.25, 0.3) is 10.9 Å². The van der Waals surface area contributed by atoms with Gasteiger partial charge in [-0.2, -0.15) is 4.98 Å². The topological polar surface area (TPSA) is 113 Å². The van der Waals surface area contributed by atoms with Crippen LogP contribution < -0.4 is 15.5 Å². The van der Waals surface area contributed by atoms with Crippen molar-refractivity contribution in [3.63, 3.8) is 0 Å². The van der Waals surface area contributed by atoms with Crippen LogP contribution in [0.2, 0.25) is 0 Å².